The molecule has 5 rings (SSSR count). The number of hydrogen-bond donors (Lipinski definition) is 1. The van der Waals surface area contributed by atoms with Gasteiger partial charge in [-0.3, -0.25) is 9.89 Å². The molecule has 0 spiro atoms. The maximum absolute atomic E-state index is 6.12. The second-order valence-corrected chi connectivity index (χ2v) is 8.56. The van der Waals surface area contributed by atoms with E-state index >= 15 is 0 Å². The van der Waals surface area contributed by atoms with Crippen molar-refractivity contribution < 1.29 is 13.9 Å². The van der Waals surface area contributed by atoms with E-state index < -0.39 is 0 Å². The van der Waals surface area contributed by atoms with Gasteiger partial charge in [0.1, 0.15) is 11.5 Å². The third-order valence-electron chi connectivity index (χ3n) is 6.99. The van der Waals surface area contributed by atoms with Gasteiger partial charge < -0.3 is 24.1 Å². The molecule has 4 aliphatic rings. The van der Waals surface area contributed by atoms with Crippen LogP contribution in [-0.2, 0) is 9.47 Å². The lowest BCUT2D eigenvalue weighted by Crippen LogP contribution is -2.47. The SMILES string of the molecule is CN=C(NCC(c1ccc(C)o1)N1CCOCC1)N1CC2C3CCC(O3)C2C1. The van der Waals surface area contributed by atoms with Crippen molar-refractivity contribution in [2.24, 2.45) is 16.8 Å². The number of morpholine rings is 1. The van der Waals surface area contributed by atoms with E-state index in [0.717, 1.165) is 63.4 Å². The number of aliphatic imine (C=N–C) groups is 1. The van der Waals surface area contributed by atoms with Gasteiger partial charge >= 0.3 is 0 Å². The molecule has 1 N–H and O–H groups in total. The number of nitrogens with zero attached hydrogens (tertiary/aromatic N) is 3. The Bertz CT molecular complexity index is 696. The lowest BCUT2D eigenvalue weighted by molar-refractivity contribution is 0.0123. The van der Waals surface area contributed by atoms with Crippen molar-refractivity contribution in [2.45, 2.75) is 38.0 Å². The fraction of sp³-hybridized carbons (Fsp3) is 0.762. The molecule has 0 radical (unpaired) electrons. The van der Waals surface area contributed by atoms with Gasteiger partial charge in [0.2, 0.25) is 0 Å². The molecule has 4 aliphatic heterocycles. The highest BCUT2D eigenvalue weighted by molar-refractivity contribution is 5.80. The molecule has 5 unspecified atom stereocenters. The summed E-state index contributed by atoms with van der Waals surface area (Å²) in [5, 5.41) is 3.65. The Balaban J connectivity index is 1.25. The van der Waals surface area contributed by atoms with Crippen molar-refractivity contribution in [3.63, 3.8) is 0 Å². The van der Waals surface area contributed by atoms with E-state index in [1.54, 1.807) is 0 Å². The average Bonchev–Trinajstić information content (AvgIpc) is 3.48. The standard InChI is InChI=1S/C21H32N4O3/c1-14-3-4-20(27-14)17(24-7-9-26-10-8-24)11-23-21(22-2)25-12-15-16(13-25)19-6-5-18(15)28-19/h3-4,15-19H,5-13H2,1-2H3,(H,22,23). The zero-order chi connectivity index (χ0) is 19.1. The highest BCUT2D eigenvalue weighted by atomic mass is 16.5. The molecule has 154 valence electrons. The van der Waals surface area contributed by atoms with E-state index in [0.29, 0.717) is 24.0 Å². The van der Waals surface area contributed by atoms with Gasteiger partial charge in [-0.05, 0) is 31.9 Å². The molecule has 5 heterocycles. The highest BCUT2D eigenvalue weighted by Crippen LogP contribution is 2.47. The normalized spacial score (nSPS) is 34.1. The molecule has 4 saturated heterocycles. The topological polar surface area (TPSA) is 62.5 Å². The number of fused-ring (bicyclic) bond motifs is 5. The van der Waals surface area contributed by atoms with Gasteiger partial charge in [-0.15, -0.1) is 0 Å². The summed E-state index contributed by atoms with van der Waals surface area (Å²) in [4.78, 5) is 9.49. The lowest BCUT2D eigenvalue weighted by atomic mass is 9.82. The van der Waals surface area contributed by atoms with Crippen molar-refractivity contribution >= 4 is 5.96 Å². The number of hydrogen-bond acceptors (Lipinski definition) is 5. The minimum Gasteiger partial charge on any atom is -0.465 e. The van der Waals surface area contributed by atoms with Gasteiger partial charge in [-0.2, -0.15) is 0 Å². The maximum Gasteiger partial charge on any atom is 0.193 e. The van der Waals surface area contributed by atoms with E-state index in [1.165, 1.54) is 12.8 Å². The summed E-state index contributed by atoms with van der Waals surface area (Å²) in [7, 11) is 1.89. The van der Waals surface area contributed by atoms with Crippen LogP contribution in [0.4, 0.5) is 0 Å². The van der Waals surface area contributed by atoms with E-state index in [2.05, 4.69) is 32.2 Å². The Hall–Kier alpha value is -1.57. The first-order valence-electron chi connectivity index (χ1n) is 10.7. The lowest BCUT2D eigenvalue weighted by Gasteiger charge is -2.34. The first-order valence-corrected chi connectivity index (χ1v) is 10.7. The summed E-state index contributed by atoms with van der Waals surface area (Å²) in [6, 6.07) is 4.35. The van der Waals surface area contributed by atoms with Gasteiger partial charge in [0.25, 0.3) is 0 Å². The highest BCUT2D eigenvalue weighted by Gasteiger charge is 2.53. The minimum atomic E-state index is 0.191. The van der Waals surface area contributed by atoms with Crippen molar-refractivity contribution in [3.05, 3.63) is 23.7 Å². The molecular weight excluding hydrogens is 356 g/mol. The Labute approximate surface area is 167 Å². The first kappa shape index (κ1) is 18.5. The summed E-state index contributed by atoms with van der Waals surface area (Å²) in [6.07, 6.45) is 3.43. The molecule has 2 bridgehead atoms. The summed E-state index contributed by atoms with van der Waals surface area (Å²) in [5.41, 5.74) is 0. The Morgan fingerprint density at radius 3 is 2.50 bits per heavy atom. The largest absolute Gasteiger partial charge is 0.465 e. The Kier molecular flexibility index (Phi) is 5.07. The predicted octanol–water partition coefficient (Wildman–Crippen LogP) is 1.65. The summed E-state index contributed by atoms with van der Waals surface area (Å²) in [5.74, 6) is 4.35. The molecule has 5 atom stereocenters. The summed E-state index contributed by atoms with van der Waals surface area (Å²) >= 11 is 0. The molecular formula is C21H32N4O3. The number of nitrogens with one attached hydrogen (secondary N) is 1. The van der Waals surface area contributed by atoms with Crippen LogP contribution >= 0.6 is 0 Å². The molecule has 0 aliphatic carbocycles. The molecule has 0 aromatic carbocycles. The summed E-state index contributed by atoms with van der Waals surface area (Å²) in [6.45, 7) is 8.34. The number of guanidine groups is 1. The number of furan rings is 1. The average molecular weight is 389 g/mol. The predicted molar refractivity (Wildman–Crippen MR) is 106 cm³/mol. The molecule has 7 nitrogen and oxygen atoms in total. The number of aryl methyl sites for hydroxylation is 1. The number of rotatable bonds is 4. The smallest absolute Gasteiger partial charge is 0.193 e. The van der Waals surface area contributed by atoms with Crippen LogP contribution in [0, 0.1) is 18.8 Å². The second-order valence-electron chi connectivity index (χ2n) is 8.56. The van der Waals surface area contributed by atoms with Crippen molar-refractivity contribution in [1.29, 1.82) is 0 Å². The van der Waals surface area contributed by atoms with Gasteiger partial charge in [0.15, 0.2) is 5.96 Å². The van der Waals surface area contributed by atoms with E-state index in [1.807, 2.05) is 14.0 Å². The van der Waals surface area contributed by atoms with Gasteiger partial charge in [0.05, 0.1) is 31.5 Å². The van der Waals surface area contributed by atoms with Crippen LogP contribution in [0.1, 0.15) is 30.4 Å². The third-order valence-corrected chi connectivity index (χ3v) is 6.99. The monoisotopic (exact) mass is 388 g/mol. The van der Waals surface area contributed by atoms with E-state index in [-0.39, 0.29) is 6.04 Å². The van der Waals surface area contributed by atoms with Crippen LogP contribution in [0.25, 0.3) is 0 Å². The fourth-order valence-corrected chi connectivity index (χ4v) is 5.58. The summed E-state index contributed by atoms with van der Waals surface area (Å²) < 4.78 is 17.7. The van der Waals surface area contributed by atoms with Crippen LogP contribution in [0.3, 0.4) is 0 Å². The molecule has 1 aromatic heterocycles. The van der Waals surface area contributed by atoms with E-state index in [4.69, 9.17) is 13.9 Å². The number of likely N-dealkylation sites (tertiary alicyclic amines) is 1. The number of ether oxygens (including phenoxy) is 2. The van der Waals surface area contributed by atoms with Gasteiger partial charge in [0, 0.05) is 51.6 Å². The van der Waals surface area contributed by atoms with E-state index in [9.17, 15) is 0 Å². The Morgan fingerprint density at radius 2 is 1.89 bits per heavy atom. The van der Waals surface area contributed by atoms with Crippen LogP contribution in [-0.4, -0.2) is 81.0 Å². The third kappa shape index (κ3) is 3.33. The zero-order valence-corrected chi connectivity index (χ0v) is 17.0. The molecule has 7 heteroatoms. The minimum absolute atomic E-state index is 0.191. The maximum atomic E-state index is 6.12. The van der Waals surface area contributed by atoms with Crippen molar-refractivity contribution in [2.75, 3.05) is 53.0 Å². The fourth-order valence-electron chi connectivity index (χ4n) is 5.58. The molecule has 4 fully saturated rings. The van der Waals surface area contributed by atoms with Crippen molar-refractivity contribution in [1.82, 2.24) is 15.1 Å². The molecule has 0 amide bonds. The second kappa shape index (κ2) is 7.69. The van der Waals surface area contributed by atoms with Crippen LogP contribution in [0.2, 0.25) is 0 Å². The first-order chi connectivity index (χ1) is 13.7. The molecule has 0 saturated carbocycles. The van der Waals surface area contributed by atoms with Gasteiger partial charge in [-0.1, -0.05) is 0 Å². The molecule has 28 heavy (non-hydrogen) atoms. The Morgan fingerprint density at radius 1 is 1.18 bits per heavy atom. The van der Waals surface area contributed by atoms with Gasteiger partial charge in [-0.25, -0.2) is 0 Å². The van der Waals surface area contributed by atoms with Crippen LogP contribution in [0.5, 0.6) is 0 Å². The molecule has 1 aromatic rings. The zero-order valence-electron chi connectivity index (χ0n) is 17.0. The van der Waals surface area contributed by atoms with Crippen LogP contribution in [0.15, 0.2) is 21.5 Å². The van der Waals surface area contributed by atoms with Crippen LogP contribution < -0.4 is 5.32 Å². The van der Waals surface area contributed by atoms with Crippen molar-refractivity contribution in [3.8, 4) is 0 Å². The quantitative estimate of drug-likeness (QED) is 0.625.